The maximum absolute atomic E-state index is 4.79. The molecule has 0 amide bonds. The van der Waals surface area contributed by atoms with Gasteiger partial charge >= 0.3 is 0 Å². The van der Waals surface area contributed by atoms with Gasteiger partial charge in [-0.25, -0.2) is 4.98 Å². The molecule has 0 atom stereocenters. The Hall–Kier alpha value is -2.55. The maximum atomic E-state index is 4.79. The summed E-state index contributed by atoms with van der Waals surface area (Å²) < 4.78 is 0. The number of nitrogens with zero attached hydrogens (tertiary/aromatic N) is 1. The highest BCUT2D eigenvalue weighted by atomic mass is 14.9. The number of para-hydroxylation sites is 1. The van der Waals surface area contributed by atoms with Crippen LogP contribution in [0.15, 0.2) is 36.4 Å². The fourth-order valence-electron chi connectivity index (χ4n) is 2.97. The summed E-state index contributed by atoms with van der Waals surface area (Å²) in [5.74, 6) is 0.935. The van der Waals surface area contributed by atoms with E-state index in [1.807, 2.05) is 6.07 Å². The second kappa shape index (κ2) is 4.22. The summed E-state index contributed by atoms with van der Waals surface area (Å²) in [6.45, 7) is 6.35. The number of hydrogen-bond acceptors (Lipinski definition) is 1. The summed E-state index contributed by atoms with van der Waals surface area (Å²) in [4.78, 5) is 11.7. The predicted molar refractivity (Wildman–Crippen MR) is 87.6 cm³/mol. The second-order valence-electron chi connectivity index (χ2n) is 5.71. The van der Waals surface area contributed by atoms with E-state index in [1.165, 1.54) is 16.5 Å². The molecule has 0 bridgehead atoms. The van der Waals surface area contributed by atoms with Crippen LogP contribution < -0.4 is 0 Å². The van der Waals surface area contributed by atoms with Crippen molar-refractivity contribution in [2.45, 2.75) is 20.8 Å². The molecule has 0 fully saturated rings. The number of fused-ring (bicyclic) bond motifs is 2. The largest absolute Gasteiger partial charge is 0.358 e. The molecule has 0 spiro atoms. The highest BCUT2D eigenvalue weighted by molar-refractivity contribution is 5.97. The Morgan fingerprint density at radius 3 is 2.48 bits per heavy atom. The lowest BCUT2D eigenvalue weighted by molar-refractivity contribution is 1.26. The maximum Gasteiger partial charge on any atom is 0.140 e. The van der Waals surface area contributed by atoms with Gasteiger partial charge in [-0.2, -0.15) is 0 Å². The Balaban J connectivity index is 2.02. The fourth-order valence-corrected chi connectivity index (χ4v) is 2.97. The van der Waals surface area contributed by atoms with Crippen LogP contribution in [0.3, 0.4) is 0 Å². The topological polar surface area (TPSA) is 44.5 Å². The van der Waals surface area contributed by atoms with E-state index in [9.17, 15) is 0 Å². The van der Waals surface area contributed by atoms with Gasteiger partial charge in [-0.1, -0.05) is 18.2 Å². The van der Waals surface area contributed by atoms with Gasteiger partial charge in [0.15, 0.2) is 0 Å². The number of aromatic amines is 2. The minimum absolute atomic E-state index is 0.935. The Morgan fingerprint density at radius 1 is 0.857 bits per heavy atom. The molecule has 0 radical (unpaired) electrons. The van der Waals surface area contributed by atoms with Crippen LogP contribution in [-0.2, 0) is 0 Å². The van der Waals surface area contributed by atoms with E-state index in [1.54, 1.807) is 0 Å². The van der Waals surface area contributed by atoms with Gasteiger partial charge in [-0.3, -0.25) is 0 Å². The van der Waals surface area contributed by atoms with Crippen molar-refractivity contribution in [1.29, 1.82) is 0 Å². The molecule has 2 aromatic carbocycles. The van der Waals surface area contributed by atoms with Crippen molar-refractivity contribution in [3.8, 4) is 11.4 Å². The second-order valence-corrected chi connectivity index (χ2v) is 5.71. The van der Waals surface area contributed by atoms with E-state index in [-0.39, 0.29) is 0 Å². The smallest absolute Gasteiger partial charge is 0.140 e. The molecule has 0 saturated heterocycles. The van der Waals surface area contributed by atoms with Gasteiger partial charge in [0.05, 0.1) is 11.0 Å². The molecule has 4 aromatic rings. The Labute approximate surface area is 123 Å². The van der Waals surface area contributed by atoms with E-state index in [2.05, 4.69) is 61.1 Å². The van der Waals surface area contributed by atoms with Crippen molar-refractivity contribution >= 4 is 21.9 Å². The Kier molecular flexibility index (Phi) is 2.45. The van der Waals surface area contributed by atoms with Crippen LogP contribution in [0, 0.1) is 20.8 Å². The zero-order valence-electron chi connectivity index (χ0n) is 12.4. The standard InChI is InChI=1S/C18H17N3/c1-10-8-15-16(9-11(10)2)21-18(20-15)17-12(3)19-14-7-5-4-6-13(14)17/h4-9,19H,1-3H3,(H,20,21). The minimum Gasteiger partial charge on any atom is -0.358 e. The summed E-state index contributed by atoms with van der Waals surface area (Å²) in [5, 5.41) is 1.21. The van der Waals surface area contributed by atoms with Crippen LogP contribution in [-0.4, -0.2) is 15.0 Å². The van der Waals surface area contributed by atoms with Crippen LogP contribution in [0.5, 0.6) is 0 Å². The quantitative estimate of drug-likeness (QED) is 0.522. The lowest BCUT2D eigenvalue weighted by atomic mass is 10.1. The van der Waals surface area contributed by atoms with Crippen molar-refractivity contribution in [2.24, 2.45) is 0 Å². The van der Waals surface area contributed by atoms with Crippen LogP contribution >= 0.6 is 0 Å². The third-order valence-electron chi connectivity index (χ3n) is 4.23. The first-order valence-corrected chi connectivity index (χ1v) is 7.18. The SMILES string of the molecule is Cc1cc2nc(-c3c(C)[nH]c4ccccc34)[nH]c2cc1C. The van der Waals surface area contributed by atoms with Gasteiger partial charge in [-0.15, -0.1) is 0 Å². The van der Waals surface area contributed by atoms with E-state index in [4.69, 9.17) is 4.98 Å². The molecule has 0 aliphatic rings. The summed E-state index contributed by atoms with van der Waals surface area (Å²) in [6.07, 6.45) is 0. The van der Waals surface area contributed by atoms with Gasteiger partial charge in [-0.05, 0) is 50.1 Å². The number of benzene rings is 2. The number of aromatic nitrogens is 3. The number of aryl methyl sites for hydroxylation is 3. The van der Waals surface area contributed by atoms with Crippen LogP contribution in [0.1, 0.15) is 16.8 Å². The number of rotatable bonds is 1. The van der Waals surface area contributed by atoms with E-state index >= 15 is 0 Å². The average Bonchev–Trinajstić information content (AvgIpc) is 2.98. The normalized spacial score (nSPS) is 11.6. The lowest BCUT2D eigenvalue weighted by Crippen LogP contribution is -1.81. The van der Waals surface area contributed by atoms with Crippen molar-refractivity contribution in [1.82, 2.24) is 15.0 Å². The molecule has 0 saturated carbocycles. The van der Waals surface area contributed by atoms with E-state index < -0.39 is 0 Å². The Bertz CT molecular complexity index is 934. The molecule has 21 heavy (non-hydrogen) atoms. The molecule has 4 rings (SSSR count). The number of hydrogen-bond donors (Lipinski definition) is 2. The van der Waals surface area contributed by atoms with Crippen molar-refractivity contribution < 1.29 is 0 Å². The van der Waals surface area contributed by atoms with Crippen molar-refractivity contribution in [3.05, 3.63) is 53.2 Å². The first kappa shape index (κ1) is 12.2. The van der Waals surface area contributed by atoms with Gasteiger partial charge in [0, 0.05) is 22.2 Å². The summed E-state index contributed by atoms with van der Waals surface area (Å²) in [7, 11) is 0. The van der Waals surface area contributed by atoms with Crippen LogP contribution in [0.25, 0.3) is 33.3 Å². The zero-order valence-corrected chi connectivity index (χ0v) is 12.4. The monoisotopic (exact) mass is 275 g/mol. The molecule has 0 aliphatic carbocycles. The van der Waals surface area contributed by atoms with Crippen molar-refractivity contribution in [2.75, 3.05) is 0 Å². The minimum atomic E-state index is 0.935. The summed E-state index contributed by atoms with van der Waals surface area (Å²) in [5.41, 5.74) is 8.14. The molecule has 2 heterocycles. The van der Waals surface area contributed by atoms with Gasteiger partial charge in [0.2, 0.25) is 0 Å². The van der Waals surface area contributed by atoms with Gasteiger partial charge < -0.3 is 9.97 Å². The van der Waals surface area contributed by atoms with Crippen LogP contribution in [0.2, 0.25) is 0 Å². The summed E-state index contributed by atoms with van der Waals surface area (Å²) in [6, 6.07) is 12.7. The first-order chi connectivity index (χ1) is 10.1. The highest BCUT2D eigenvalue weighted by Gasteiger charge is 2.14. The molecule has 0 unspecified atom stereocenters. The highest BCUT2D eigenvalue weighted by Crippen LogP contribution is 2.31. The lowest BCUT2D eigenvalue weighted by Gasteiger charge is -1.97. The number of nitrogens with one attached hydrogen (secondary N) is 2. The number of H-pyrrole nitrogens is 2. The van der Waals surface area contributed by atoms with Gasteiger partial charge in [0.25, 0.3) is 0 Å². The zero-order chi connectivity index (χ0) is 14.6. The molecule has 3 heteroatoms. The molecule has 0 aliphatic heterocycles. The molecule has 2 N–H and O–H groups in total. The van der Waals surface area contributed by atoms with E-state index in [0.717, 1.165) is 33.6 Å². The fraction of sp³-hybridized carbons (Fsp3) is 0.167. The molecule has 2 aromatic heterocycles. The first-order valence-electron chi connectivity index (χ1n) is 7.18. The molecule has 104 valence electrons. The summed E-state index contributed by atoms with van der Waals surface area (Å²) >= 11 is 0. The predicted octanol–water partition coefficient (Wildman–Crippen LogP) is 4.64. The average molecular weight is 275 g/mol. The van der Waals surface area contributed by atoms with Crippen LogP contribution in [0.4, 0.5) is 0 Å². The number of imidazole rings is 1. The Morgan fingerprint density at radius 2 is 1.62 bits per heavy atom. The van der Waals surface area contributed by atoms with Crippen molar-refractivity contribution in [3.63, 3.8) is 0 Å². The van der Waals surface area contributed by atoms with Gasteiger partial charge in [0.1, 0.15) is 5.82 Å². The molecule has 3 nitrogen and oxygen atoms in total. The third kappa shape index (κ3) is 1.77. The van der Waals surface area contributed by atoms with E-state index in [0.29, 0.717) is 0 Å². The molecular formula is C18H17N3. The third-order valence-corrected chi connectivity index (χ3v) is 4.23. The molecular weight excluding hydrogens is 258 g/mol.